The SMILES string of the molecule is O=C(O)CC1CCC2=C(CC1)C(=O)c1ccccc1C2=O. The van der Waals surface area contributed by atoms with Gasteiger partial charge in [-0.15, -0.1) is 0 Å². The third-order valence-electron chi connectivity index (χ3n) is 4.40. The van der Waals surface area contributed by atoms with Crippen LogP contribution in [0, 0.1) is 5.92 Å². The Morgan fingerprint density at radius 2 is 1.48 bits per heavy atom. The Balaban J connectivity index is 1.92. The lowest BCUT2D eigenvalue weighted by Gasteiger charge is -2.19. The summed E-state index contributed by atoms with van der Waals surface area (Å²) in [5.74, 6) is -0.898. The summed E-state index contributed by atoms with van der Waals surface area (Å²) >= 11 is 0. The Labute approximate surface area is 122 Å². The van der Waals surface area contributed by atoms with Gasteiger partial charge in [0.2, 0.25) is 0 Å². The van der Waals surface area contributed by atoms with Gasteiger partial charge in [-0.3, -0.25) is 14.4 Å². The molecule has 0 aliphatic heterocycles. The zero-order valence-corrected chi connectivity index (χ0v) is 11.6. The van der Waals surface area contributed by atoms with Crippen LogP contribution < -0.4 is 0 Å². The van der Waals surface area contributed by atoms with Crippen molar-refractivity contribution in [3.05, 3.63) is 46.5 Å². The first-order chi connectivity index (χ1) is 10.1. The molecule has 1 N–H and O–H groups in total. The number of ketones is 2. The van der Waals surface area contributed by atoms with Crippen molar-refractivity contribution in [2.45, 2.75) is 32.1 Å². The van der Waals surface area contributed by atoms with Crippen LogP contribution in [0.2, 0.25) is 0 Å². The molecule has 0 spiro atoms. The molecule has 1 aromatic rings. The number of carbonyl (C=O) groups excluding carboxylic acids is 2. The first-order valence-corrected chi connectivity index (χ1v) is 7.20. The Morgan fingerprint density at radius 3 is 1.90 bits per heavy atom. The van der Waals surface area contributed by atoms with E-state index in [1.807, 2.05) is 0 Å². The van der Waals surface area contributed by atoms with Gasteiger partial charge in [-0.1, -0.05) is 24.3 Å². The maximum Gasteiger partial charge on any atom is 0.303 e. The van der Waals surface area contributed by atoms with Crippen molar-refractivity contribution in [3.8, 4) is 0 Å². The van der Waals surface area contributed by atoms with Crippen molar-refractivity contribution in [1.82, 2.24) is 0 Å². The van der Waals surface area contributed by atoms with Crippen molar-refractivity contribution < 1.29 is 19.5 Å². The second kappa shape index (κ2) is 5.28. The molecule has 1 aromatic carbocycles. The lowest BCUT2D eigenvalue weighted by atomic mass is 9.82. The van der Waals surface area contributed by atoms with Crippen LogP contribution >= 0.6 is 0 Å². The molecular weight excluding hydrogens is 268 g/mol. The minimum Gasteiger partial charge on any atom is -0.481 e. The summed E-state index contributed by atoms with van der Waals surface area (Å²) < 4.78 is 0. The molecule has 0 unspecified atom stereocenters. The lowest BCUT2D eigenvalue weighted by molar-refractivity contribution is -0.138. The monoisotopic (exact) mass is 284 g/mol. The Hall–Kier alpha value is -2.23. The maximum absolute atomic E-state index is 12.6. The molecule has 2 aliphatic rings. The van der Waals surface area contributed by atoms with Gasteiger partial charge in [0.15, 0.2) is 11.6 Å². The second-order valence-corrected chi connectivity index (χ2v) is 5.70. The minimum atomic E-state index is -0.819. The Kier molecular flexibility index (Phi) is 3.45. The second-order valence-electron chi connectivity index (χ2n) is 5.70. The fraction of sp³-hybridized carbons (Fsp3) is 0.353. The molecule has 0 atom stereocenters. The van der Waals surface area contributed by atoms with Gasteiger partial charge in [-0.05, 0) is 31.6 Å². The number of carboxylic acid groups (broad SMARTS) is 1. The molecule has 0 bridgehead atoms. The zero-order chi connectivity index (χ0) is 15.0. The lowest BCUT2D eigenvalue weighted by Crippen LogP contribution is -2.21. The summed E-state index contributed by atoms with van der Waals surface area (Å²) in [6.45, 7) is 0. The molecule has 0 saturated carbocycles. The van der Waals surface area contributed by atoms with Gasteiger partial charge < -0.3 is 5.11 Å². The average Bonchev–Trinajstić information content (AvgIpc) is 2.67. The van der Waals surface area contributed by atoms with E-state index in [1.54, 1.807) is 24.3 Å². The number of aliphatic carboxylic acids is 1. The molecular formula is C17H16O4. The maximum atomic E-state index is 12.6. The van der Waals surface area contributed by atoms with Gasteiger partial charge in [0.05, 0.1) is 0 Å². The first-order valence-electron chi connectivity index (χ1n) is 7.20. The van der Waals surface area contributed by atoms with Crippen LogP contribution in [0.25, 0.3) is 0 Å². The fourth-order valence-electron chi connectivity index (χ4n) is 3.30. The molecule has 2 aliphatic carbocycles. The van der Waals surface area contributed by atoms with Crippen LogP contribution in [0.4, 0.5) is 0 Å². The van der Waals surface area contributed by atoms with E-state index < -0.39 is 5.97 Å². The number of fused-ring (bicyclic) bond motifs is 1. The zero-order valence-electron chi connectivity index (χ0n) is 11.6. The minimum absolute atomic E-state index is 0.0387. The van der Waals surface area contributed by atoms with Crippen LogP contribution in [0.5, 0.6) is 0 Å². The highest BCUT2D eigenvalue weighted by Crippen LogP contribution is 2.36. The van der Waals surface area contributed by atoms with Crippen molar-refractivity contribution in [2.75, 3.05) is 0 Å². The highest BCUT2D eigenvalue weighted by Gasteiger charge is 2.33. The molecule has 21 heavy (non-hydrogen) atoms. The normalized spacial score (nSPS) is 19.0. The average molecular weight is 284 g/mol. The summed E-state index contributed by atoms with van der Waals surface area (Å²) in [7, 11) is 0. The molecule has 0 amide bonds. The summed E-state index contributed by atoms with van der Waals surface area (Å²) in [6.07, 6.45) is 2.44. The molecule has 4 nitrogen and oxygen atoms in total. The van der Waals surface area contributed by atoms with E-state index in [0.717, 1.165) is 0 Å². The van der Waals surface area contributed by atoms with Crippen LogP contribution in [0.15, 0.2) is 35.4 Å². The number of rotatable bonds is 2. The Bertz CT molecular complexity index is 620. The molecule has 3 rings (SSSR count). The van der Waals surface area contributed by atoms with Crippen molar-refractivity contribution in [2.24, 2.45) is 5.92 Å². The van der Waals surface area contributed by atoms with E-state index in [9.17, 15) is 14.4 Å². The Morgan fingerprint density at radius 1 is 1.00 bits per heavy atom. The number of carboxylic acids is 1. The van der Waals surface area contributed by atoms with Crippen LogP contribution in [-0.4, -0.2) is 22.6 Å². The quantitative estimate of drug-likeness (QED) is 0.906. The van der Waals surface area contributed by atoms with Crippen molar-refractivity contribution in [3.63, 3.8) is 0 Å². The highest BCUT2D eigenvalue weighted by atomic mass is 16.4. The van der Waals surface area contributed by atoms with Gasteiger partial charge in [-0.2, -0.15) is 0 Å². The van der Waals surface area contributed by atoms with Crippen molar-refractivity contribution in [1.29, 1.82) is 0 Å². The number of hydrogen-bond acceptors (Lipinski definition) is 3. The largest absolute Gasteiger partial charge is 0.481 e. The topological polar surface area (TPSA) is 71.4 Å². The molecule has 0 fully saturated rings. The number of Topliss-reactive ketones (excluding diaryl/α,β-unsaturated/α-hetero) is 2. The summed E-state index contributed by atoms with van der Waals surface area (Å²) in [4.78, 5) is 36.0. The van der Waals surface area contributed by atoms with Crippen LogP contribution in [-0.2, 0) is 4.79 Å². The third-order valence-corrected chi connectivity index (χ3v) is 4.40. The van der Waals surface area contributed by atoms with Crippen molar-refractivity contribution >= 4 is 17.5 Å². The van der Waals surface area contributed by atoms with Gasteiger partial charge >= 0.3 is 5.97 Å². The van der Waals surface area contributed by atoms with E-state index in [4.69, 9.17) is 5.11 Å². The van der Waals surface area contributed by atoms with E-state index in [1.165, 1.54) is 0 Å². The van der Waals surface area contributed by atoms with E-state index in [-0.39, 0.29) is 23.9 Å². The van der Waals surface area contributed by atoms with E-state index in [2.05, 4.69) is 0 Å². The van der Waals surface area contributed by atoms with Gasteiger partial charge in [0.1, 0.15) is 0 Å². The highest BCUT2D eigenvalue weighted by molar-refractivity contribution is 6.26. The molecule has 108 valence electrons. The third kappa shape index (κ3) is 2.42. The smallest absolute Gasteiger partial charge is 0.303 e. The summed E-state index contributed by atoms with van der Waals surface area (Å²) in [6, 6.07) is 6.91. The van der Waals surface area contributed by atoms with Gasteiger partial charge in [-0.25, -0.2) is 0 Å². The standard InChI is InChI=1S/C17H16O4/c18-15(19)9-10-5-7-13-14(8-6-10)17(21)12-4-2-1-3-11(12)16(13)20/h1-4,10H,5-9H2,(H,18,19). The summed E-state index contributed by atoms with van der Waals surface area (Å²) in [5, 5.41) is 8.91. The van der Waals surface area contributed by atoms with E-state index in [0.29, 0.717) is 48.0 Å². The fourth-order valence-corrected chi connectivity index (χ4v) is 3.30. The first kappa shape index (κ1) is 13.7. The predicted octanol–water partition coefficient (Wildman–Crippen LogP) is 3.03. The van der Waals surface area contributed by atoms with Crippen LogP contribution in [0.1, 0.15) is 52.8 Å². The number of benzene rings is 1. The van der Waals surface area contributed by atoms with Gasteiger partial charge in [0.25, 0.3) is 0 Å². The molecule has 4 heteroatoms. The molecule has 0 radical (unpaired) electrons. The number of allylic oxidation sites excluding steroid dienone is 2. The van der Waals surface area contributed by atoms with E-state index >= 15 is 0 Å². The molecule has 0 aromatic heterocycles. The molecule has 0 heterocycles. The van der Waals surface area contributed by atoms with Gasteiger partial charge in [0, 0.05) is 28.7 Å². The van der Waals surface area contributed by atoms with Crippen LogP contribution in [0.3, 0.4) is 0 Å². The molecule has 0 saturated heterocycles. The predicted molar refractivity (Wildman–Crippen MR) is 76.3 cm³/mol. The number of carbonyl (C=O) groups is 3. The number of hydrogen-bond donors (Lipinski definition) is 1. The summed E-state index contributed by atoms with van der Waals surface area (Å²) in [5.41, 5.74) is 2.18.